The summed E-state index contributed by atoms with van der Waals surface area (Å²) >= 11 is 0. The van der Waals surface area contributed by atoms with Gasteiger partial charge in [-0.1, -0.05) is 30.3 Å². The van der Waals surface area contributed by atoms with Crippen LogP contribution in [0.15, 0.2) is 65.3 Å². The summed E-state index contributed by atoms with van der Waals surface area (Å²) in [5.41, 5.74) is 4.80. The summed E-state index contributed by atoms with van der Waals surface area (Å²) in [6, 6.07) is 18.7. The molecule has 0 saturated carbocycles. The van der Waals surface area contributed by atoms with Crippen molar-refractivity contribution in [3.05, 3.63) is 60.9 Å². The van der Waals surface area contributed by atoms with Crippen LogP contribution in [0.3, 0.4) is 0 Å². The van der Waals surface area contributed by atoms with Gasteiger partial charge in [0.25, 0.3) is 0 Å². The minimum absolute atomic E-state index is 0.218. The molecule has 0 bridgehead atoms. The van der Waals surface area contributed by atoms with Gasteiger partial charge in [-0.25, -0.2) is 9.97 Å². The van der Waals surface area contributed by atoms with Crippen molar-refractivity contribution in [2.75, 3.05) is 37.5 Å². The first-order valence-corrected chi connectivity index (χ1v) is 10.7. The summed E-state index contributed by atoms with van der Waals surface area (Å²) in [5.74, 6) is 1.58. The Morgan fingerprint density at radius 2 is 1.81 bits per heavy atom. The fourth-order valence-electron chi connectivity index (χ4n) is 4.08. The zero-order valence-corrected chi connectivity index (χ0v) is 17.8. The number of hydrogen-bond donors (Lipinski definition) is 1. The molecule has 0 radical (unpaired) electrons. The van der Waals surface area contributed by atoms with Gasteiger partial charge in [0, 0.05) is 44.1 Å². The number of aromatic nitrogens is 2. The van der Waals surface area contributed by atoms with Crippen molar-refractivity contribution < 1.29 is 9.15 Å². The summed E-state index contributed by atoms with van der Waals surface area (Å²) in [4.78, 5) is 11.1. The molecule has 6 heteroatoms. The molecule has 1 aliphatic rings. The Labute approximate surface area is 181 Å². The molecule has 1 fully saturated rings. The van der Waals surface area contributed by atoms with Crippen molar-refractivity contribution in [3.63, 3.8) is 0 Å². The lowest BCUT2D eigenvalue weighted by Gasteiger charge is -2.13. The highest BCUT2D eigenvalue weighted by Crippen LogP contribution is 2.42. The fraction of sp³-hybridized carbons (Fsp3) is 0.280. The van der Waals surface area contributed by atoms with Gasteiger partial charge < -0.3 is 19.4 Å². The summed E-state index contributed by atoms with van der Waals surface area (Å²) in [5, 5.41) is 4.39. The molecule has 0 amide bonds. The largest absolute Gasteiger partial charge is 0.437 e. The van der Waals surface area contributed by atoms with E-state index in [-0.39, 0.29) is 6.10 Å². The highest BCUT2D eigenvalue weighted by molar-refractivity contribution is 6.05. The van der Waals surface area contributed by atoms with Crippen molar-refractivity contribution >= 4 is 22.6 Å². The molecule has 1 saturated heterocycles. The number of anilines is 2. The van der Waals surface area contributed by atoms with Crippen LogP contribution in [0.1, 0.15) is 12.8 Å². The Morgan fingerprint density at radius 1 is 1.00 bits per heavy atom. The van der Waals surface area contributed by atoms with Crippen LogP contribution in [0.5, 0.6) is 0 Å². The molecule has 6 nitrogen and oxygen atoms in total. The molecule has 5 rings (SSSR count). The average molecular weight is 415 g/mol. The first-order valence-electron chi connectivity index (χ1n) is 10.7. The molecular weight excluding hydrogens is 388 g/mol. The topological polar surface area (TPSA) is 63.4 Å². The zero-order chi connectivity index (χ0) is 21.2. The van der Waals surface area contributed by atoms with Crippen LogP contribution in [-0.4, -0.2) is 43.3 Å². The van der Waals surface area contributed by atoms with Gasteiger partial charge in [-0.05, 0) is 42.7 Å². The van der Waals surface area contributed by atoms with E-state index in [4.69, 9.17) is 9.15 Å². The number of rotatable bonds is 6. The number of nitrogens with one attached hydrogen (secondary N) is 1. The Kier molecular flexibility index (Phi) is 5.30. The molecule has 1 atom stereocenters. The molecule has 1 unspecified atom stereocenters. The van der Waals surface area contributed by atoms with Gasteiger partial charge in [0.2, 0.25) is 5.71 Å². The van der Waals surface area contributed by atoms with Gasteiger partial charge in [-0.15, -0.1) is 0 Å². The number of fused-ring (bicyclic) bond motifs is 1. The molecule has 1 N–H and O–H groups in total. The Balaban J connectivity index is 1.64. The molecular formula is C25H26N4O2. The third-order valence-electron chi connectivity index (χ3n) is 5.72. The van der Waals surface area contributed by atoms with Crippen LogP contribution < -0.4 is 10.2 Å². The zero-order valence-electron chi connectivity index (χ0n) is 17.8. The maximum Gasteiger partial charge on any atom is 0.232 e. The van der Waals surface area contributed by atoms with E-state index in [0.29, 0.717) is 5.71 Å². The quantitative estimate of drug-likeness (QED) is 0.467. The standard InChI is InChI=1S/C25H26N4O2/c1-29(2)19-12-10-18(11-13-19)23-21(17-7-4-3-5-8-17)22-24(27-16-28-25(22)31-23)26-15-20-9-6-14-30-20/h3-5,7-8,10-13,16,20H,6,9,14-15H2,1-2H3,(H,26,27,28). The molecule has 31 heavy (non-hydrogen) atoms. The lowest BCUT2D eigenvalue weighted by molar-refractivity contribution is 0.120. The van der Waals surface area contributed by atoms with E-state index < -0.39 is 0 Å². The van der Waals surface area contributed by atoms with E-state index in [1.807, 2.05) is 32.3 Å². The molecule has 0 aliphatic carbocycles. The SMILES string of the molecule is CN(C)c1ccc(-c2oc3ncnc(NCC4CCCO4)c3c2-c2ccccc2)cc1. The van der Waals surface area contributed by atoms with Crippen LogP contribution >= 0.6 is 0 Å². The van der Waals surface area contributed by atoms with E-state index in [0.717, 1.165) is 65.3 Å². The third kappa shape index (κ3) is 3.86. The van der Waals surface area contributed by atoms with E-state index in [2.05, 4.69) is 56.6 Å². The summed E-state index contributed by atoms with van der Waals surface area (Å²) in [6.07, 6.45) is 3.95. The van der Waals surface area contributed by atoms with Gasteiger partial charge in [0.1, 0.15) is 17.9 Å². The van der Waals surface area contributed by atoms with Crippen LogP contribution in [-0.2, 0) is 4.74 Å². The van der Waals surface area contributed by atoms with Crippen LogP contribution in [0.2, 0.25) is 0 Å². The molecule has 2 aromatic carbocycles. The summed E-state index contributed by atoms with van der Waals surface area (Å²) in [7, 11) is 4.07. The lowest BCUT2D eigenvalue weighted by atomic mass is 9.99. The first-order chi connectivity index (χ1) is 15.2. The van der Waals surface area contributed by atoms with Crippen molar-refractivity contribution in [1.29, 1.82) is 0 Å². The number of ether oxygens (including phenoxy) is 1. The van der Waals surface area contributed by atoms with E-state index >= 15 is 0 Å². The average Bonchev–Trinajstić information content (AvgIpc) is 3.46. The van der Waals surface area contributed by atoms with Crippen molar-refractivity contribution in [2.45, 2.75) is 18.9 Å². The second-order valence-electron chi connectivity index (χ2n) is 8.03. The van der Waals surface area contributed by atoms with Gasteiger partial charge in [-0.3, -0.25) is 0 Å². The highest BCUT2D eigenvalue weighted by Gasteiger charge is 2.23. The van der Waals surface area contributed by atoms with Gasteiger partial charge in [0.05, 0.1) is 11.5 Å². The predicted octanol–water partition coefficient (Wildman–Crippen LogP) is 5.21. The van der Waals surface area contributed by atoms with Gasteiger partial charge in [-0.2, -0.15) is 0 Å². The minimum atomic E-state index is 0.218. The van der Waals surface area contributed by atoms with Crippen LogP contribution in [0.4, 0.5) is 11.5 Å². The van der Waals surface area contributed by atoms with Crippen molar-refractivity contribution in [1.82, 2.24) is 9.97 Å². The fourth-order valence-corrected chi connectivity index (χ4v) is 4.08. The summed E-state index contributed by atoms with van der Waals surface area (Å²) in [6.45, 7) is 1.55. The number of furan rings is 1. The summed E-state index contributed by atoms with van der Waals surface area (Å²) < 4.78 is 12.1. The van der Waals surface area contributed by atoms with E-state index in [1.165, 1.54) is 0 Å². The second-order valence-corrected chi connectivity index (χ2v) is 8.03. The first kappa shape index (κ1) is 19.6. The van der Waals surface area contributed by atoms with Crippen LogP contribution in [0.25, 0.3) is 33.6 Å². The number of nitrogens with zero attached hydrogens (tertiary/aromatic N) is 3. The molecule has 0 spiro atoms. The maximum atomic E-state index is 6.32. The maximum absolute atomic E-state index is 6.32. The lowest BCUT2D eigenvalue weighted by Crippen LogP contribution is -2.19. The van der Waals surface area contributed by atoms with Crippen molar-refractivity contribution in [3.8, 4) is 22.5 Å². The van der Waals surface area contributed by atoms with E-state index in [1.54, 1.807) is 6.33 Å². The highest BCUT2D eigenvalue weighted by atomic mass is 16.5. The number of hydrogen-bond acceptors (Lipinski definition) is 6. The number of benzene rings is 2. The van der Waals surface area contributed by atoms with Crippen LogP contribution in [0, 0.1) is 0 Å². The monoisotopic (exact) mass is 414 g/mol. The molecule has 158 valence electrons. The smallest absolute Gasteiger partial charge is 0.232 e. The third-order valence-corrected chi connectivity index (χ3v) is 5.72. The predicted molar refractivity (Wildman–Crippen MR) is 124 cm³/mol. The van der Waals surface area contributed by atoms with E-state index in [9.17, 15) is 0 Å². The Morgan fingerprint density at radius 3 is 2.52 bits per heavy atom. The molecule has 4 aromatic rings. The van der Waals surface area contributed by atoms with Gasteiger partial charge in [0.15, 0.2) is 0 Å². The Bertz CT molecular complexity index is 1160. The second kappa shape index (κ2) is 8.40. The molecule has 3 heterocycles. The normalized spacial score (nSPS) is 16.0. The minimum Gasteiger partial charge on any atom is -0.437 e. The molecule has 1 aliphatic heterocycles. The Hall–Kier alpha value is -3.38. The van der Waals surface area contributed by atoms with Gasteiger partial charge >= 0.3 is 0 Å². The molecule has 2 aromatic heterocycles. The van der Waals surface area contributed by atoms with Crippen molar-refractivity contribution in [2.24, 2.45) is 0 Å².